The lowest BCUT2D eigenvalue weighted by molar-refractivity contribution is -0.390. The first-order valence-corrected chi connectivity index (χ1v) is 6.52. The van der Waals surface area contributed by atoms with E-state index in [1.807, 2.05) is 0 Å². The zero-order chi connectivity index (χ0) is 14.7. The van der Waals surface area contributed by atoms with Gasteiger partial charge >= 0.3 is 5.82 Å². The van der Waals surface area contributed by atoms with Gasteiger partial charge in [0.1, 0.15) is 0 Å². The average molecular weight is 282 g/mol. The lowest BCUT2D eigenvalue weighted by Gasteiger charge is -2.21. The number of aryl methyl sites for hydroxylation is 1. The molecule has 0 spiro atoms. The molecule has 0 radical (unpaired) electrons. The van der Waals surface area contributed by atoms with Gasteiger partial charge in [-0.2, -0.15) is 4.68 Å². The van der Waals surface area contributed by atoms with E-state index in [9.17, 15) is 14.9 Å². The number of rotatable bonds is 5. The van der Waals surface area contributed by atoms with E-state index < -0.39 is 11.0 Å². The van der Waals surface area contributed by atoms with Crippen molar-refractivity contribution in [3.8, 4) is 0 Å². The quantitative estimate of drug-likeness (QED) is 0.591. The minimum atomic E-state index is -0.648. The van der Waals surface area contributed by atoms with Crippen molar-refractivity contribution in [1.29, 1.82) is 0 Å². The molecule has 2 heterocycles. The first kappa shape index (κ1) is 14.4. The van der Waals surface area contributed by atoms with Gasteiger partial charge in [0.25, 0.3) is 5.91 Å². The first-order chi connectivity index (χ1) is 9.54. The molecule has 0 bridgehead atoms. The van der Waals surface area contributed by atoms with Crippen LogP contribution in [0, 0.1) is 17.0 Å². The van der Waals surface area contributed by atoms with E-state index in [0.717, 1.165) is 25.9 Å². The molecule has 0 saturated carbocycles. The van der Waals surface area contributed by atoms with Crippen LogP contribution in [-0.2, 0) is 9.53 Å². The Labute approximate surface area is 116 Å². The Morgan fingerprint density at radius 1 is 1.55 bits per heavy atom. The summed E-state index contributed by atoms with van der Waals surface area (Å²) in [7, 11) is 1.50. The Morgan fingerprint density at radius 3 is 2.70 bits per heavy atom. The molecule has 0 aromatic carbocycles. The van der Waals surface area contributed by atoms with Crippen molar-refractivity contribution in [2.24, 2.45) is 0 Å². The smallest absolute Gasteiger partial charge is 0.382 e. The molecule has 1 amide bonds. The topological polar surface area (TPSA) is 90.5 Å². The molecule has 1 atom stereocenters. The Kier molecular flexibility index (Phi) is 4.33. The number of nitro groups is 1. The van der Waals surface area contributed by atoms with Crippen LogP contribution in [0.1, 0.15) is 24.4 Å². The molecule has 1 unspecified atom stereocenters. The Bertz CT molecular complexity index is 508. The van der Waals surface area contributed by atoms with Crippen molar-refractivity contribution in [3.63, 3.8) is 0 Å². The number of hydrogen-bond acceptors (Lipinski definition) is 5. The second-order valence-electron chi connectivity index (χ2n) is 4.88. The highest BCUT2D eigenvalue weighted by atomic mass is 16.6. The van der Waals surface area contributed by atoms with Crippen LogP contribution in [0.2, 0.25) is 0 Å². The van der Waals surface area contributed by atoms with Gasteiger partial charge in [-0.05, 0) is 24.7 Å². The largest absolute Gasteiger partial charge is 0.392 e. The van der Waals surface area contributed by atoms with Gasteiger partial charge in [-0.3, -0.25) is 4.79 Å². The normalized spacial score (nSPS) is 16.4. The van der Waals surface area contributed by atoms with Crippen molar-refractivity contribution < 1.29 is 14.5 Å². The van der Waals surface area contributed by atoms with Crippen LogP contribution >= 0.6 is 0 Å². The zero-order valence-electron chi connectivity index (χ0n) is 11.6. The fraction of sp³-hybridized carbons (Fsp3) is 0.667. The average Bonchev–Trinajstić information content (AvgIpc) is 3.04. The van der Waals surface area contributed by atoms with Crippen LogP contribution in [0.5, 0.6) is 0 Å². The van der Waals surface area contributed by atoms with Crippen molar-refractivity contribution in [2.45, 2.75) is 25.8 Å². The summed E-state index contributed by atoms with van der Waals surface area (Å²) < 4.78 is 6.42. The van der Waals surface area contributed by atoms with Crippen LogP contribution in [0.3, 0.4) is 0 Å². The van der Waals surface area contributed by atoms with Gasteiger partial charge in [0.15, 0.2) is 6.04 Å². The second-order valence-corrected chi connectivity index (χ2v) is 4.88. The van der Waals surface area contributed by atoms with Gasteiger partial charge in [-0.15, -0.1) is 0 Å². The number of amides is 1. The molecule has 1 aromatic rings. The first-order valence-electron chi connectivity index (χ1n) is 6.52. The number of aromatic nitrogens is 2. The van der Waals surface area contributed by atoms with Crippen molar-refractivity contribution in [1.82, 2.24) is 14.7 Å². The summed E-state index contributed by atoms with van der Waals surface area (Å²) in [4.78, 5) is 24.5. The maximum absolute atomic E-state index is 12.4. The molecule has 1 aliphatic rings. The molecule has 1 saturated heterocycles. The fourth-order valence-corrected chi connectivity index (χ4v) is 2.38. The van der Waals surface area contributed by atoms with Gasteiger partial charge in [0.05, 0.1) is 23.5 Å². The molecule has 1 aliphatic heterocycles. The minimum Gasteiger partial charge on any atom is -0.382 e. The van der Waals surface area contributed by atoms with Crippen molar-refractivity contribution in [3.05, 3.63) is 21.9 Å². The molecule has 1 aromatic heterocycles. The molecule has 20 heavy (non-hydrogen) atoms. The van der Waals surface area contributed by atoms with E-state index in [4.69, 9.17) is 4.74 Å². The Balaban J connectivity index is 2.25. The van der Waals surface area contributed by atoms with Crippen LogP contribution in [-0.4, -0.2) is 52.3 Å². The number of hydrogen-bond donors (Lipinski definition) is 0. The molecular weight excluding hydrogens is 264 g/mol. The molecule has 0 N–H and O–H groups in total. The zero-order valence-corrected chi connectivity index (χ0v) is 11.6. The molecule has 8 heteroatoms. The maximum Gasteiger partial charge on any atom is 0.392 e. The van der Waals surface area contributed by atoms with Crippen molar-refractivity contribution >= 4 is 11.7 Å². The standard InChI is InChI=1S/C12H18N4O4/c1-9-7-15(13-11(9)16(18)19)10(8-20-2)12(17)14-5-3-4-6-14/h7,10H,3-6,8H2,1-2H3. The maximum atomic E-state index is 12.4. The second kappa shape index (κ2) is 6.00. The summed E-state index contributed by atoms with van der Waals surface area (Å²) in [5.74, 6) is -0.318. The van der Waals surface area contributed by atoms with E-state index in [2.05, 4.69) is 5.10 Å². The number of carbonyl (C=O) groups excluding carboxylic acids is 1. The van der Waals surface area contributed by atoms with Gasteiger partial charge in [-0.25, -0.2) is 0 Å². The van der Waals surface area contributed by atoms with Gasteiger partial charge < -0.3 is 19.8 Å². The molecule has 110 valence electrons. The third-order valence-electron chi connectivity index (χ3n) is 3.41. The predicted molar refractivity (Wildman–Crippen MR) is 70.3 cm³/mol. The number of likely N-dealkylation sites (tertiary alicyclic amines) is 1. The van der Waals surface area contributed by atoms with Crippen LogP contribution in [0.4, 0.5) is 5.82 Å². The summed E-state index contributed by atoms with van der Waals surface area (Å²) >= 11 is 0. The lowest BCUT2D eigenvalue weighted by atomic mass is 10.2. The van der Waals surface area contributed by atoms with Gasteiger partial charge in [0, 0.05) is 20.2 Å². The highest BCUT2D eigenvalue weighted by molar-refractivity contribution is 5.80. The lowest BCUT2D eigenvalue weighted by Crippen LogP contribution is -2.37. The van der Waals surface area contributed by atoms with Gasteiger partial charge in [0.2, 0.25) is 0 Å². The number of methoxy groups -OCH3 is 1. The fourth-order valence-electron chi connectivity index (χ4n) is 2.38. The summed E-state index contributed by atoms with van der Waals surface area (Å²) in [6.07, 6.45) is 3.50. The summed E-state index contributed by atoms with van der Waals surface area (Å²) in [6.45, 7) is 3.20. The van der Waals surface area contributed by atoms with Crippen LogP contribution in [0.25, 0.3) is 0 Å². The van der Waals surface area contributed by atoms with E-state index in [1.165, 1.54) is 18.0 Å². The third kappa shape index (κ3) is 2.79. The molecule has 2 rings (SSSR count). The molecule has 1 fully saturated rings. The van der Waals surface area contributed by atoms with Crippen molar-refractivity contribution in [2.75, 3.05) is 26.8 Å². The Hall–Kier alpha value is -1.96. The summed E-state index contributed by atoms with van der Waals surface area (Å²) in [5.41, 5.74) is 0.435. The SMILES string of the molecule is COCC(C(=O)N1CCCC1)n1cc(C)c([N+](=O)[O-])n1. The highest BCUT2D eigenvalue weighted by Gasteiger charge is 2.32. The van der Waals surface area contributed by atoms with E-state index >= 15 is 0 Å². The van der Waals surface area contributed by atoms with E-state index in [-0.39, 0.29) is 18.3 Å². The number of carbonyl (C=O) groups is 1. The number of nitrogens with zero attached hydrogens (tertiary/aromatic N) is 4. The Morgan fingerprint density at radius 2 is 2.20 bits per heavy atom. The summed E-state index contributed by atoms with van der Waals surface area (Å²) in [6, 6.07) is -0.648. The predicted octanol–water partition coefficient (Wildman–Crippen LogP) is 0.910. The van der Waals surface area contributed by atoms with Crippen LogP contribution < -0.4 is 0 Å². The minimum absolute atomic E-state index is 0.0956. The van der Waals surface area contributed by atoms with Gasteiger partial charge in [-0.1, -0.05) is 0 Å². The molecular formula is C12H18N4O4. The highest BCUT2D eigenvalue weighted by Crippen LogP contribution is 2.20. The molecule has 8 nitrogen and oxygen atoms in total. The molecule has 0 aliphatic carbocycles. The van der Waals surface area contributed by atoms with E-state index in [0.29, 0.717) is 5.56 Å². The van der Waals surface area contributed by atoms with Crippen LogP contribution in [0.15, 0.2) is 6.20 Å². The monoisotopic (exact) mass is 282 g/mol. The third-order valence-corrected chi connectivity index (χ3v) is 3.41. The summed E-state index contributed by atoms with van der Waals surface area (Å²) in [5, 5.41) is 14.8. The number of ether oxygens (including phenoxy) is 1. The van der Waals surface area contributed by atoms with E-state index in [1.54, 1.807) is 11.8 Å².